The van der Waals surface area contributed by atoms with Crippen molar-refractivity contribution in [3.05, 3.63) is 41.9 Å². The number of amides is 2. The molecule has 0 saturated carbocycles. The van der Waals surface area contributed by atoms with E-state index in [2.05, 4.69) is 9.97 Å². The number of hydrogen-bond donors (Lipinski definition) is 0. The van der Waals surface area contributed by atoms with Gasteiger partial charge >= 0.3 is 6.18 Å². The maximum absolute atomic E-state index is 13.1. The van der Waals surface area contributed by atoms with Gasteiger partial charge < -0.3 is 9.64 Å². The van der Waals surface area contributed by atoms with Crippen LogP contribution in [0.25, 0.3) is 0 Å². The molecule has 2 aromatic rings. The second-order valence-corrected chi connectivity index (χ2v) is 8.31. The summed E-state index contributed by atoms with van der Waals surface area (Å²) < 4.78 is 44.9. The zero-order valence-electron chi connectivity index (χ0n) is 19.0. The van der Waals surface area contributed by atoms with Crippen LogP contribution in [0, 0.1) is 6.92 Å². The minimum Gasteiger partial charge on any atom is -0.494 e. The topological polar surface area (TPSA) is 78.9 Å². The van der Waals surface area contributed by atoms with E-state index in [1.165, 1.54) is 11.8 Å². The third-order valence-electron chi connectivity index (χ3n) is 5.88. The van der Waals surface area contributed by atoms with Gasteiger partial charge in [0, 0.05) is 32.2 Å². The number of imide groups is 1. The van der Waals surface area contributed by atoms with Crippen LogP contribution >= 0.6 is 0 Å². The van der Waals surface area contributed by atoms with Gasteiger partial charge in [-0.2, -0.15) is 13.2 Å². The fraction of sp³-hybridized carbons (Fsp3) is 0.478. The number of aromatic nitrogens is 2. The van der Waals surface area contributed by atoms with Gasteiger partial charge in [-0.15, -0.1) is 0 Å². The number of carbonyl (C=O) groups excluding carboxylic acids is 2. The molecular weight excluding hydrogens is 451 g/mol. The summed E-state index contributed by atoms with van der Waals surface area (Å²) in [6.07, 6.45) is -3.61. The number of alkyl halides is 3. The van der Waals surface area contributed by atoms with Crippen molar-refractivity contribution in [3.63, 3.8) is 0 Å². The molecule has 2 amide bonds. The van der Waals surface area contributed by atoms with Gasteiger partial charge in [0.15, 0.2) is 0 Å². The predicted octanol–water partition coefficient (Wildman–Crippen LogP) is 3.05. The van der Waals surface area contributed by atoms with Gasteiger partial charge in [-0.1, -0.05) is 6.92 Å². The Bertz CT molecular complexity index is 1050. The molecule has 1 atom stereocenters. The highest BCUT2D eigenvalue weighted by Crippen LogP contribution is 2.31. The lowest BCUT2D eigenvalue weighted by Gasteiger charge is -2.37. The number of piperazine rings is 1. The highest BCUT2D eigenvalue weighted by Gasteiger charge is 2.43. The highest BCUT2D eigenvalue weighted by atomic mass is 19.4. The summed E-state index contributed by atoms with van der Waals surface area (Å²) in [5.41, 5.74) is -0.480. The van der Waals surface area contributed by atoms with Gasteiger partial charge in [0.05, 0.1) is 24.8 Å². The van der Waals surface area contributed by atoms with Crippen LogP contribution in [0.5, 0.6) is 5.75 Å². The number of rotatable bonds is 6. The first kappa shape index (κ1) is 23.9. The molecule has 0 N–H and O–H groups in total. The van der Waals surface area contributed by atoms with E-state index in [0.29, 0.717) is 44.2 Å². The lowest BCUT2D eigenvalue weighted by molar-refractivity contribution is -0.141. The van der Waals surface area contributed by atoms with Gasteiger partial charge in [0.1, 0.15) is 23.1 Å². The van der Waals surface area contributed by atoms with Crippen LogP contribution in [-0.2, 0) is 15.8 Å². The molecule has 0 spiro atoms. The number of hydrogen-bond acceptors (Lipinski definition) is 7. The average Bonchev–Trinajstić information content (AvgIpc) is 3.11. The normalized spacial score (nSPS) is 19.7. The van der Waals surface area contributed by atoms with Crippen molar-refractivity contribution in [1.82, 2.24) is 14.9 Å². The van der Waals surface area contributed by atoms with Crippen LogP contribution in [0.15, 0.2) is 30.3 Å². The SMILES string of the molecule is CCCOc1ccc(N2C(=O)C[C@H](N3CCN(c4cc(C(F)(F)F)nc(C)n4)CC3)C2=O)cc1. The molecule has 0 aliphatic carbocycles. The Morgan fingerprint density at radius 3 is 2.35 bits per heavy atom. The van der Waals surface area contributed by atoms with Crippen molar-refractivity contribution < 1.29 is 27.5 Å². The van der Waals surface area contributed by atoms with E-state index in [-0.39, 0.29) is 29.9 Å². The lowest BCUT2D eigenvalue weighted by Crippen LogP contribution is -2.52. The molecule has 0 bridgehead atoms. The zero-order chi connectivity index (χ0) is 24.5. The third-order valence-corrected chi connectivity index (χ3v) is 5.88. The van der Waals surface area contributed by atoms with Crippen molar-refractivity contribution in [2.24, 2.45) is 0 Å². The molecule has 0 radical (unpaired) electrons. The summed E-state index contributed by atoms with van der Waals surface area (Å²) in [6, 6.07) is 7.20. The van der Waals surface area contributed by atoms with E-state index in [1.807, 2.05) is 11.8 Å². The monoisotopic (exact) mass is 477 g/mol. The first-order chi connectivity index (χ1) is 16.2. The Morgan fingerprint density at radius 1 is 1.06 bits per heavy atom. The zero-order valence-corrected chi connectivity index (χ0v) is 19.0. The number of aryl methyl sites for hydroxylation is 1. The van der Waals surface area contributed by atoms with E-state index < -0.39 is 17.9 Å². The maximum Gasteiger partial charge on any atom is 0.433 e. The van der Waals surface area contributed by atoms with Crippen LogP contribution < -0.4 is 14.5 Å². The second kappa shape index (κ2) is 9.57. The summed E-state index contributed by atoms with van der Waals surface area (Å²) in [5, 5.41) is 0. The molecule has 1 aromatic carbocycles. The van der Waals surface area contributed by atoms with E-state index in [0.717, 1.165) is 12.5 Å². The Hall–Kier alpha value is -3.21. The Morgan fingerprint density at radius 2 is 1.74 bits per heavy atom. The first-order valence-corrected chi connectivity index (χ1v) is 11.2. The molecule has 182 valence electrons. The van der Waals surface area contributed by atoms with Crippen molar-refractivity contribution >= 4 is 23.3 Å². The summed E-state index contributed by atoms with van der Waals surface area (Å²) in [4.78, 5) is 38.3. The minimum atomic E-state index is -4.55. The van der Waals surface area contributed by atoms with Gasteiger partial charge in [-0.25, -0.2) is 14.9 Å². The van der Waals surface area contributed by atoms with Gasteiger partial charge in [-0.05, 0) is 37.6 Å². The van der Waals surface area contributed by atoms with Gasteiger partial charge in [0.25, 0.3) is 5.91 Å². The fourth-order valence-electron chi connectivity index (χ4n) is 4.21. The predicted molar refractivity (Wildman–Crippen MR) is 119 cm³/mol. The molecule has 4 rings (SSSR count). The standard InChI is InChI=1S/C23H26F3N5O3/c1-3-12-34-17-6-4-16(5-7-17)31-21(32)13-18(22(31)33)29-8-10-30(11-9-29)20-14-19(23(24,25)26)27-15(2)28-20/h4-7,14,18H,3,8-13H2,1-2H3/t18-/m0/s1. The highest BCUT2D eigenvalue weighted by molar-refractivity contribution is 6.22. The summed E-state index contributed by atoms with van der Waals surface area (Å²) in [5.74, 6) is 0.357. The Balaban J connectivity index is 1.41. The fourth-order valence-corrected chi connectivity index (χ4v) is 4.21. The molecular formula is C23H26F3N5O3. The lowest BCUT2D eigenvalue weighted by atomic mass is 10.1. The smallest absolute Gasteiger partial charge is 0.433 e. The van der Waals surface area contributed by atoms with Gasteiger partial charge in [0.2, 0.25) is 5.91 Å². The summed E-state index contributed by atoms with van der Waals surface area (Å²) in [7, 11) is 0. The van der Waals surface area contributed by atoms with Gasteiger partial charge in [-0.3, -0.25) is 14.5 Å². The van der Waals surface area contributed by atoms with Crippen molar-refractivity contribution in [2.45, 2.75) is 38.9 Å². The van der Waals surface area contributed by atoms with Crippen LogP contribution in [0.4, 0.5) is 24.7 Å². The van der Waals surface area contributed by atoms with Crippen LogP contribution in [0.2, 0.25) is 0 Å². The largest absolute Gasteiger partial charge is 0.494 e. The maximum atomic E-state index is 13.1. The number of halogens is 3. The number of anilines is 2. The van der Waals surface area contributed by atoms with Crippen molar-refractivity contribution in [3.8, 4) is 5.75 Å². The molecule has 2 aliphatic rings. The van der Waals surface area contributed by atoms with E-state index in [9.17, 15) is 22.8 Å². The second-order valence-electron chi connectivity index (χ2n) is 8.31. The first-order valence-electron chi connectivity index (χ1n) is 11.2. The number of benzene rings is 1. The van der Waals surface area contributed by atoms with Crippen molar-refractivity contribution in [2.75, 3.05) is 42.6 Å². The molecule has 2 fully saturated rings. The summed E-state index contributed by atoms with van der Waals surface area (Å²) >= 11 is 0. The summed E-state index contributed by atoms with van der Waals surface area (Å²) in [6.45, 7) is 5.63. The Kier molecular flexibility index (Phi) is 6.74. The Labute approximate surface area is 195 Å². The van der Waals surface area contributed by atoms with E-state index in [1.54, 1.807) is 29.2 Å². The number of nitrogens with zero attached hydrogens (tertiary/aromatic N) is 5. The minimum absolute atomic E-state index is 0.0468. The average molecular weight is 477 g/mol. The molecule has 8 nitrogen and oxygen atoms in total. The molecule has 1 aromatic heterocycles. The number of ether oxygens (including phenoxy) is 1. The van der Waals surface area contributed by atoms with E-state index in [4.69, 9.17) is 4.74 Å². The molecule has 2 aliphatic heterocycles. The number of carbonyl (C=O) groups is 2. The molecule has 34 heavy (non-hydrogen) atoms. The molecule has 2 saturated heterocycles. The quantitative estimate of drug-likeness (QED) is 0.592. The third kappa shape index (κ3) is 4.98. The van der Waals surface area contributed by atoms with Crippen LogP contribution in [0.3, 0.4) is 0 Å². The molecule has 3 heterocycles. The van der Waals surface area contributed by atoms with Crippen molar-refractivity contribution in [1.29, 1.82) is 0 Å². The molecule has 0 unspecified atom stereocenters. The van der Waals surface area contributed by atoms with Crippen LogP contribution in [-0.4, -0.2) is 65.5 Å². The van der Waals surface area contributed by atoms with Crippen LogP contribution in [0.1, 0.15) is 31.3 Å². The van der Waals surface area contributed by atoms with E-state index >= 15 is 0 Å². The molecule has 11 heteroatoms.